The summed E-state index contributed by atoms with van der Waals surface area (Å²) >= 11 is 5.84. The fraction of sp³-hybridized carbons (Fsp3) is 0.500. The van der Waals surface area contributed by atoms with Gasteiger partial charge < -0.3 is 10.6 Å². The van der Waals surface area contributed by atoms with Gasteiger partial charge in [0.25, 0.3) is 0 Å². The van der Waals surface area contributed by atoms with Crippen molar-refractivity contribution in [2.45, 2.75) is 31.8 Å². The van der Waals surface area contributed by atoms with E-state index in [0.29, 0.717) is 6.54 Å². The van der Waals surface area contributed by atoms with Crippen molar-refractivity contribution in [1.29, 1.82) is 0 Å². The monoisotopic (exact) mass is 266 g/mol. The molecule has 3 nitrogen and oxygen atoms in total. The highest BCUT2D eigenvalue weighted by atomic mass is 35.5. The van der Waals surface area contributed by atoms with E-state index in [4.69, 9.17) is 17.3 Å². The van der Waals surface area contributed by atoms with Crippen LogP contribution in [-0.2, 0) is 11.3 Å². The number of hydrogen-bond donors (Lipinski definition) is 1. The van der Waals surface area contributed by atoms with Gasteiger partial charge in [0.1, 0.15) is 0 Å². The standard InChI is InChI=1S/C14H19ClN2O/c1-17(9-10-2-5-12(15)6-3-10)14(18)11-4-7-13(16)8-11/h2-3,5-6,11,13H,4,7-9,16H2,1H3/t11-,13+/m0/s1. The highest BCUT2D eigenvalue weighted by Gasteiger charge is 2.29. The van der Waals surface area contributed by atoms with Gasteiger partial charge in [-0.3, -0.25) is 4.79 Å². The third-order valence-corrected chi connectivity index (χ3v) is 3.78. The van der Waals surface area contributed by atoms with E-state index in [1.165, 1.54) is 0 Å². The number of hydrogen-bond acceptors (Lipinski definition) is 2. The molecule has 0 aromatic heterocycles. The number of nitrogens with zero attached hydrogens (tertiary/aromatic N) is 1. The summed E-state index contributed by atoms with van der Waals surface area (Å²) in [6, 6.07) is 7.79. The summed E-state index contributed by atoms with van der Waals surface area (Å²) in [6.07, 6.45) is 2.71. The quantitative estimate of drug-likeness (QED) is 0.913. The van der Waals surface area contributed by atoms with Crippen LogP contribution in [0.1, 0.15) is 24.8 Å². The highest BCUT2D eigenvalue weighted by Crippen LogP contribution is 2.26. The number of amides is 1. The van der Waals surface area contributed by atoms with E-state index in [0.717, 1.165) is 29.8 Å². The molecule has 2 N–H and O–H groups in total. The van der Waals surface area contributed by atoms with Gasteiger partial charge in [0.05, 0.1) is 0 Å². The summed E-state index contributed by atoms with van der Waals surface area (Å²) in [5, 5.41) is 0.717. The Labute approximate surface area is 113 Å². The second-order valence-corrected chi connectivity index (χ2v) is 5.53. The lowest BCUT2D eigenvalue weighted by Gasteiger charge is -2.21. The topological polar surface area (TPSA) is 46.3 Å². The molecule has 1 aromatic rings. The minimum Gasteiger partial charge on any atom is -0.341 e. The lowest BCUT2D eigenvalue weighted by molar-refractivity contribution is -0.134. The Morgan fingerprint density at radius 2 is 2.06 bits per heavy atom. The molecular weight excluding hydrogens is 248 g/mol. The fourth-order valence-electron chi connectivity index (χ4n) is 2.49. The van der Waals surface area contributed by atoms with Gasteiger partial charge in [-0.15, -0.1) is 0 Å². The van der Waals surface area contributed by atoms with Crippen LogP contribution in [0.25, 0.3) is 0 Å². The predicted octanol–water partition coefficient (Wildman–Crippen LogP) is 2.43. The van der Waals surface area contributed by atoms with Crippen LogP contribution in [0.15, 0.2) is 24.3 Å². The van der Waals surface area contributed by atoms with Crippen molar-refractivity contribution in [2.24, 2.45) is 11.7 Å². The first-order valence-corrected chi connectivity index (χ1v) is 6.69. The van der Waals surface area contributed by atoms with Crippen LogP contribution in [0.3, 0.4) is 0 Å². The fourth-order valence-corrected chi connectivity index (χ4v) is 2.62. The molecule has 0 bridgehead atoms. The highest BCUT2D eigenvalue weighted by molar-refractivity contribution is 6.30. The first-order chi connectivity index (χ1) is 8.56. The Balaban J connectivity index is 1.93. The SMILES string of the molecule is CN(Cc1ccc(Cl)cc1)C(=O)[C@H]1CC[C@@H](N)C1. The molecule has 98 valence electrons. The second-order valence-electron chi connectivity index (χ2n) is 5.09. The van der Waals surface area contributed by atoms with Crippen LogP contribution in [-0.4, -0.2) is 23.9 Å². The molecule has 0 radical (unpaired) electrons. The number of rotatable bonds is 3. The molecule has 0 aliphatic heterocycles. The zero-order valence-electron chi connectivity index (χ0n) is 10.6. The van der Waals surface area contributed by atoms with Gasteiger partial charge in [0.15, 0.2) is 0 Å². The molecule has 2 atom stereocenters. The molecule has 1 amide bonds. The molecule has 1 fully saturated rings. The van der Waals surface area contributed by atoms with Crippen molar-refractivity contribution in [2.75, 3.05) is 7.05 Å². The maximum atomic E-state index is 12.2. The third kappa shape index (κ3) is 3.24. The van der Waals surface area contributed by atoms with Crippen molar-refractivity contribution in [3.63, 3.8) is 0 Å². The Morgan fingerprint density at radius 1 is 1.39 bits per heavy atom. The summed E-state index contributed by atoms with van der Waals surface area (Å²) in [6.45, 7) is 0.627. The minimum absolute atomic E-state index is 0.109. The van der Waals surface area contributed by atoms with E-state index in [-0.39, 0.29) is 17.9 Å². The average molecular weight is 267 g/mol. The van der Waals surface area contributed by atoms with Crippen LogP contribution < -0.4 is 5.73 Å². The number of benzene rings is 1. The number of carbonyl (C=O) groups is 1. The largest absolute Gasteiger partial charge is 0.341 e. The van der Waals surface area contributed by atoms with Gasteiger partial charge in [0, 0.05) is 30.6 Å². The predicted molar refractivity (Wildman–Crippen MR) is 73.2 cm³/mol. The molecule has 18 heavy (non-hydrogen) atoms. The summed E-state index contributed by atoms with van der Waals surface area (Å²) in [5.41, 5.74) is 6.94. The number of halogens is 1. The minimum atomic E-state index is 0.109. The molecule has 0 saturated heterocycles. The Bertz CT molecular complexity index is 418. The van der Waals surface area contributed by atoms with Gasteiger partial charge >= 0.3 is 0 Å². The maximum Gasteiger partial charge on any atom is 0.225 e. The van der Waals surface area contributed by atoms with Crippen molar-refractivity contribution in [1.82, 2.24) is 4.90 Å². The zero-order valence-corrected chi connectivity index (χ0v) is 11.4. The molecule has 0 unspecified atom stereocenters. The van der Waals surface area contributed by atoms with E-state index in [1.807, 2.05) is 31.3 Å². The summed E-state index contributed by atoms with van der Waals surface area (Å²) < 4.78 is 0. The molecule has 1 aromatic carbocycles. The van der Waals surface area contributed by atoms with Crippen LogP contribution in [0.5, 0.6) is 0 Å². The summed E-state index contributed by atoms with van der Waals surface area (Å²) in [7, 11) is 1.85. The van der Waals surface area contributed by atoms with Gasteiger partial charge in [-0.25, -0.2) is 0 Å². The first-order valence-electron chi connectivity index (χ1n) is 6.31. The van der Waals surface area contributed by atoms with E-state index >= 15 is 0 Å². The second kappa shape index (κ2) is 5.72. The van der Waals surface area contributed by atoms with Crippen molar-refractivity contribution >= 4 is 17.5 Å². The molecular formula is C14H19ClN2O. The van der Waals surface area contributed by atoms with Crippen molar-refractivity contribution in [3.05, 3.63) is 34.9 Å². The summed E-state index contributed by atoms with van der Waals surface area (Å²) in [4.78, 5) is 14.0. The van der Waals surface area contributed by atoms with E-state index in [9.17, 15) is 4.79 Å². The van der Waals surface area contributed by atoms with Crippen molar-refractivity contribution < 1.29 is 4.79 Å². The molecule has 1 aliphatic rings. The Hall–Kier alpha value is -1.06. The molecule has 2 rings (SSSR count). The molecule has 4 heteroatoms. The molecule has 1 saturated carbocycles. The average Bonchev–Trinajstić information content (AvgIpc) is 2.78. The molecule has 0 heterocycles. The van der Waals surface area contributed by atoms with E-state index in [1.54, 1.807) is 4.90 Å². The smallest absolute Gasteiger partial charge is 0.225 e. The van der Waals surface area contributed by atoms with E-state index in [2.05, 4.69) is 0 Å². The zero-order chi connectivity index (χ0) is 13.1. The lowest BCUT2D eigenvalue weighted by atomic mass is 10.1. The Morgan fingerprint density at radius 3 is 2.61 bits per heavy atom. The van der Waals surface area contributed by atoms with Crippen molar-refractivity contribution in [3.8, 4) is 0 Å². The van der Waals surface area contributed by atoms with Gasteiger partial charge in [-0.05, 0) is 37.0 Å². The normalized spacial score (nSPS) is 23.1. The van der Waals surface area contributed by atoms with Crippen LogP contribution in [0.2, 0.25) is 5.02 Å². The Kier molecular flexibility index (Phi) is 4.25. The van der Waals surface area contributed by atoms with Crippen LogP contribution in [0.4, 0.5) is 0 Å². The van der Waals surface area contributed by atoms with Gasteiger partial charge in [0.2, 0.25) is 5.91 Å². The first kappa shape index (κ1) is 13.4. The van der Waals surface area contributed by atoms with Gasteiger partial charge in [-0.2, -0.15) is 0 Å². The summed E-state index contributed by atoms with van der Waals surface area (Å²) in [5.74, 6) is 0.315. The third-order valence-electron chi connectivity index (χ3n) is 3.53. The maximum absolute atomic E-state index is 12.2. The van der Waals surface area contributed by atoms with Gasteiger partial charge in [-0.1, -0.05) is 23.7 Å². The van der Waals surface area contributed by atoms with E-state index < -0.39 is 0 Å². The van der Waals surface area contributed by atoms with Crippen LogP contribution >= 0.6 is 11.6 Å². The number of carbonyl (C=O) groups excluding carboxylic acids is 1. The number of nitrogens with two attached hydrogens (primary N) is 1. The van der Waals surface area contributed by atoms with Crippen LogP contribution in [0, 0.1) is 5.92 Å². The lowest BCUT2D eigenvalue weighted by Crippen LogP contribution is -2.32. The molecule has 1 aliphatic carbocycles. The molecule has 0 spiro atoms.